The van der Waals surface area contributed by atoms with E-state index in [1.807, 2.05) is 12.4 Å². The molecule has 1 aliphatic heterocycles. The zero-order valence-corrected chi connectivity index (χ0v) is 18.3. The highest BCUT2D eigenvalue weighted by Gasteiger charge is 2.25. The predicted octanol–water partition coefficient (Wildman–Crippen LogP) is 5.93. The van der Waals surface area contributed by atoms with Crippen LogP contribution in [-0.4, -0.2) is 35.5 Å². The minimum atomic E-state index is -4.64. The van der Waals surface area contributed by atoms with Gasteiger partial charge in [0.05, 0.1) is 16.3 Å². The molecule has 0 amide bonds. The second kappa shape index (κ2) is 9.68. The number of halogens is 3. The number of alkyl halides is 3. The van der Waals surface area contributed by atoms with E-state index in [-0.39, 0.29) is 0 Å². The maximum atomic E-state index is 10.4. The lowest BCUT2D eigenvalue weighted by atomic mass is 10.1. The highest BCUT2D eigenvalue weighted by Crippen LogP contribution is 2.48. The number of carbonyl (C=O) groups is 1. The number of benzene rings is 2. The number of H-pyrrole nitrogens is 1. The molecule has 0 fully saturated rings. The van der Waals surface area contributed by atoms with E-state index in [1.54, 1.807) is 11.8 Å². The molecule has 4 aromatic rings. The van der Waals surface area contributed by atoms with Gasteiger partial charge in [-0.15, -0.1) is 0 Å². The number of nitrogens with two attached hydrogens (primary N) is 1. The molecule has 2 aromatic carbocycles. The highest BCUT2D eigenvalue weighted by atomic mass is 32.2. The normalized spacial score (nSPS) is 12.5. The second-order valence-electron chi connectivity index (χ2n) is 7.35. The second-order valence-corrected chi connectivity index (χ2v) is 8.44. The third-order valence-electron chi connectivity index (χ3n) is 5.08. The number of pyridine rings is 1. The van der Waals surface area contributed by atoms with Crippen LogP contribution < -0.4 is 10.6 Å². The lowest BCUT2D eigenvalue weighted by Crippen LogP contribution is -2.23. The monoisotopic (exact) mass is 470 g/mol. The molecule has 0 spiro atoms. The van der Waals surface area contributed by atoms with Crippen LogP contribution in [0.25, 0.3) is 22.2 Å². The van der Waals surface area contributed by atoms with Gasteiger partial charge in [-0.3, -0.25) is 9.78 Å². The Labute approximate surface area is 192 Å². The van der Waals surface area contributed by atoms with E-state index in [2.05, 4.69) is 69.5 Å². The Morgan fingerprint density at radius 1 is 1.06 bits per heavy atom. The van der Waals surface area contributed by atoms with Gasteiger partial charge in [0.25, 0.3) is 0 Å². The lowest BCUT2D eigenvalue weighted by molar-refractivity contribution is -0.156. The summed E-state index contributed by atoms with van der Waals surface area (Å²) in [5, 5.41) is 1.23. The molecular weight excluding hydrogens is 449 g/mol. The van der Waals surface area contributed by atoms with Crippen molar-refractivity contribution in [3.05, 3.63) is 67.0 Å². The summed E-state index contributed by atoms with van der Waals surface area (Å²) in [5.74, 6) is 0. The quantitative estimate of drug-likeness (QED) is 0.362. The van der Waals surface area contributed by atoms with Crippen molar-refractivity contribution in [2.45, 2.75) is 22.4 Å². The Morgan fingerprint density at radius 2 is 1.82 bits per heavy atom. The van der Waals surface area contributed by atoms with Crippen LogP contribution in [0.1, 0.15) is 6.42 Å². The van der Waals surface area contributed by atoms with Crippen molar-refractivity contribution in [3.8, 4) is 11.3 Å². The number of aldehydes is 1. The van der Waals surface area contributed by atoms with Gasteiger partial charge in [0, 0.05) is 40.4 Å². The number of carbonyl (C=O) groups excluding carboxylic acids is 1. The molecule has 0 saturated carbocycles. The molecule has 0 aliphatic carbocycles. The Balaban J connectivity index is 0.000000385. The summed E-state index contributed by atoms with van der Waals surface area (Å²) in [6, 6.07) is 19.4. The van der Waals surface area contributed by atoms with Crippen molar-refractivity contribution >= 4 is 40.3 Å². The molecule has 5 nitrogen and oxygen atoms in total. The molecule has 1 aliphatic rings. The number of hydrogen-bond donors (Lipinski definition) is 2. The topological polar surface area (TPSA) is 75.0 Å². The molecule has 9 heteroatoms. The van der Waals surface area contributed by atoms with Crippen molar-refractivity contribution in [2.24, 2.45) is 5.73 Å². The molecule has 0 bridgehead atoms. The Kier molecular flexibility index (Phi) is 6.71. The fourth-order valence-electron chi connectivity index (χ4n) is 3.63. The fourth-order valence-corrected chi connectivity index (χ4v) is 4.73. The minimum Gasteiger partial charge on any atom is -0.355 e. The van der Waals surface area contributed by atoms with Gasteiger partial charge in [0.2, 0.25) is 6.29 Å². The molecule has 0 radical (unpaired) electrons. The van der Waals surface area contributed by atoms with Gasteiger partial charge in [-0.25, -0.2) is 0 Å². The first-order chi connectivity index (χ1) is 15.9. The number of nitrogens with one attached hydrogen (secondary N) is 1. The van der Waals surface area contributed by atoms with Gasteiger partial charge < -0.3 is 15.6 Å². The third kappa shape index (κ3) is 5.20. The minimum absolute atomic E-state index is 0.687. The van der Waals surface area contributed by atoms with Gasteiger partial charge >= 0.3 is 6.18 Å². The first-order valence-electron chi connectivity index (χ1n) is 10.2. The first kappa shape index (κ1) is 22.9. The van der Waals surface area contributed by atoms with Crippen LogP contribution in [0.4, 0.5) is 24.5 Å². The number of aromatic nitrogens is 2. The number of aromatic amines is 1. The van der Waals surface area contributed by atoms with Gasteiger partial charge in [-0.2, -0.15) is 13.2 Å². The van der Waals surface area contributed by atoms with Crippen LogP contribution in [0.2, 0.25) is 0 Å². The average Bonchev–Trinajstić information content (AvgIpc) is 3.26. The number of para-hydroxylation sites is 1. The summed E-state index contributed by atoms with van der Waals surface area (Å²) in [7, 11) is 0. The summed E-state index contributed by atoms with van der Waals surface area (Å²) in [4.78, 5) is 21.4. The summed E-state index contributed by atoms with van der Waals surface area (Å²) in [5.41, 5.74) is 11.7. The lowest BCUT2D eigenvalue weighted by Gasteiger charge is -2.32. The van der Waals surface area contributed by atoms with E-state index in [1.165, 1.54) is 32.1 Å². The largest absolute Gasteiger partial charge is 0.446 e. The number of hydrogen-bond acceptors (Lipinski definition) is 5. The third-order valence-corrected chi connectivity index (χ3v) is 6.17. The molecule has 0 atom stereocenters. The number of nitrogens with zero attached hydrogens (tertiary/aromatic N) is 2. The molecular formula is C24H21F3N4OS. The van der Waals surface area contributed by atoms with Gasteiger partial charge in [0.15, 0.2) is 0 Å². The molecule has 170 valence electrons. The molecule has 5 rings (SSSR count). The number of rotatable bonds is 4. The van der Waals surface area contributed by atoms with Gasteiger partial charge in [0.1, 0.15) is 0 Å². The van der Waals surface area contributed by atoms with Crippen molar-refractivity contribution in [1.29, 1.82) is 0 Å². The molecule has 0 saturated heterocycles. The van der Waals surface area contributed by atoms with Crippen molar-refractivity contribution in [1.82, 2.24) is 9.97 Å². The van der Waals surface area contributed by atoms with Gasteiger partial charge in [-0.05, 0) is 48.9 Å². The van der Waals surface area contributed by atoms with Crippen molar-refractivity contribution in [3.63, 3.8) is 0 Å². The standard InChI is InChI=1S/C22H20N4S.C2HF3O/c23-9-3-11-26-19-7-6-16(18-12-15-4-1-2-5-17(15)25-18)13-21(19)27-22-14-24-10-8-20(22)26;3-2(4,5)1-6/h1-2,4-8,10,12-14,25H,3,9,11,23H2;1H. The Hall–Kier alpha value is -3.30. The summed E-state index contributed by atoms with van der Waals surface area (Å²) >= 11 is 1.79. The van der Waals surface area contributed by atoms with E-state index in [4.69, 9.17) is 10.5 Å². The molecule has 33 heavy (non-hydrogen) atoms. The summed E-state index contributed by atoms with van der Waals surface area (Å²) in [6.07, 6.45) is -0.935. The molecule has 3 heterocycles. The van der Waals surface area contributed by atoms with Crippen molar-refractivity contribution in [2.75, 3.05) is 18.0 Å². The smallest absolute Gasteiger partial charge is 0.355 e. The highest BCUT2D eigenvalue weighted by molar-refractivity contribution is 7.99. The summed E-state index contributed by atoms with van der Waals surface area (Å²) in [6.45, 7) is 1.60. The van der Waals surface area contributed by atoms with Crippen LogP contribution in [0, 0.1) is 0 Å². The van der Waals surface area contributed by atoms with Gasteiger partial charge in [-0.1, -0.05) is 36.0 Å². The van der Waals surface area contributed by atoms with Crippen LogP contribution in [0.3, 0.4) is 0 Å². The van der Waals surface area contributed by atoms with Crippen LogP contribution in [0.15, 0.2) is 76.8 Å². The zero-order valence-electron chi connectivity index (χ0n) is 17.5. The predicted molar refractivity (Wildman–Crippen MR) is 125 cm³/mol. The zero-order chi connectivity index (χ0) is 23.4. The molecule has 3 N–H and O–H groups in total. The molecule has 2 aromatic heterocycles. The maximum Gasteiger partial charge on any atom is 0.446 e. The number of fused-ring (bicyclic) bond motifs is 3. The Morgan fingerprint density at radius 3 is 2.55 bits per heavy atom. The van der Waals surface area contributed by atoms with Crippen molar-refractivity contribution < 1.29 is 18.0 Å². The van der Waals surface area contributed by atoms with E-state index in [9.17, 15) is 13.2 Å². The fraction of sp³-hybridized carbons (Fsp3) is 0.167. The van der Waals surface area contributed by atoms with Crippen LogP contribution in [0.5, 0.6) is 0 Å². The Bertz CT molecular complexity index is 1240. The SMILES string of the molecule is NCCCN1c2ccncc2Sc2cc(-c3cc4ccccc4[nH]3)ccc21.O=CC(F)(F)F. The first-order valence-corrected chi connectivity index (χ1v) is 11.1. The molecule has 0 unspecified atom stereocenters. The number of anilines is 2. The average molecular weight is 471 g/mol. The van der Waals surface area contributed by atoms with Crippen LogP contribution >= 0.6 is 11.8 Å². The maximum absolute atomic E-state index is 10.4. The summed E-state index contributed by atoms with van der Waals surface area (Å²) < 4.78 is 31.2. The van der Waals surface area contributed by atoms with E-state index in [0.29, 0.717) is 6.54 Å². The van der Waals surface area contributed by atoms with E-state index < -0.39 is 12.5 Å². The van der Waals surface area contributed by atoms with E-state index in [0.717, 1.165) is 24.2 Å². The van der Waals surface area contributed by atoms with Crippen LogP contribution in [-0.2, 0) is 4.79 Å². The van der Waals surface area contributed by atoms with E-state index >= 15 is 0 Å².